The Morgan fingerprint density at radius 3 is 2.41 bits per heavy atom. The number of esters is 1. The van der Waals surface area contributed by atoms with Gasteiger partial charge in [-0.2, -0.15) is 0 Å². The summed E-state index contributed by atoms with van der Waals surface area (Å²) in [5.74, 6) is -0.612. The minimum absolute atomic E-state index is 0.138. The highest BCUT2D eigenvalue weighted by molar-refractivity contribution is 5.75. The van der Waals surface area contributed by atoms with Crippen LogP contribution in [-0.4, -0.2) is 57.9 Å². The van der Waals surface area contributed by atoms with Crippen LogP contribution in [0, 0.1) is 5.41 Å². The Kier molecular flexibility index (Phi) is 6.20. The van der Waals surface area contributed by atoms with Gasteiger partial charge in [0.2, 0.25) is 0 Å². The first-order valence-electron chi connectivity index (χ1n) is 8.19. The molecule has 6 heteroatoms. The van der Waals surface area contributed by atoms with E-state index in [2.05, 4.69) is 12.2 Å². The minimum Gasteiger partial charge on any atom is -0.468 e. The van der Waals surface area contributed by atoms with Gasteiger partial charge < -0.3 is 24.3 Å². The SMILES string of the molecule is CCOC[C@H](NCC1(C)CCC2(CC1)OCCO2)C(=O)OC. The molecule has 2 rings (SSSR count). The number of methoxy groups -OCH3 is 1. The van der Waals surface area contributed by atoms with E-state index in [1.807, 2.05) is 6.92 Å². The van der Waals surface area contributed by atoms with Gasteiger partial charge in [0, 0.05) is 26.0 Å². The van der Waals surface area contributed by atoms with Crippen LogP contribution in [0.1, 0.15) is 39.5 Å². The summed E-state index contributed by atoms with van der Waals surface area (Å²) in [6.45, 7) is 7.26. The average molecular weight is 315 g/mol. The average Bonchev–Trinajstić information content (AvgIpc) is 2.99. The number of rotatable bonds is 7. The van der Waals surface area contributed by atoms with Crippen molar-refractivity contribution >= 4 is 5.97 Å². The normalized spacial score (nSPS) is 24.3. The van der Waals surface area contributed by atoms with Gasteiger partial charge in [-0.05, 0) is 25.2 Å². The van der Waals surface area contributed by atoms with Crippen LogP contribution in [0.15, 0.2) is 0 Å². The third kappa shape index (κ3) is 4.41. The second kappa shape index (κ2) is 7.73. The molecule has 1 heterocycles. The Hall–Kier alpha value is -0.690. The van der Waals surface area contributed by atoms with Gasteiger partial charge in [0.15, 0.2) is 5.79 Å². The number of carbonyl (C=O) groups excluding carboxylic acids is 1. The van der Waals surface area contributed by atoms with Crippen LogP contribution < -0.4 is 5.32 Å². The van der Waals surface area contributed by atoms with Crippen LogP contribution in [0.5, 0.6) is 0 Å². The second-order valence-electron chi connectivity index (χ2n) is 6.53. The van der Waals surface area contributed by atoms with Gasteiger partial charge >= 0.3 is 5.97 Å². The van der Waals surface area contributed by atoms with Crippen molar-refractivity contribution in [3.8, 4) is 0 Å². The van der Waals surface area contributed by atoms with E-state index in [0.29, 0.717) is 26.4 Å². The molecule has 1 saturated carbocycles. The molecule has 1 aliphatic carbocycles. The summed E-state index contributed by atoms with van der Waals surface area (Å²) in [6.07, 6.45) is 3.87. The van der Waals surface area contributed by atoms with Gasteiger partial charge in [0.25, 0.3) is 0 Å². The van der Waals surface area contributed by atoms with Gasteiger partial charge in [0.1, 0.15) is 6.04 Å². The molecule has 0 aromatic carbocycles. The molecule has 1 saturated heterocycles. The molecule has 0 unspecified atom stereocenters. The van der Waals surface area contributed by atoms with Crippen LogP contribution in [-0.2, 0) is 23.7 Å². The Morgan fingerprint density at radius 1 is 1.23 bits per heavy atom. The van der Waals surface area contributed by atoms with E-state index in [0.717, 1.165) is 32.2 Å². The minimum atomic E-state index is -0.406. The summed E-state index contributed by atoms with van der Waals surface area (Å²) in [5, 5.41) is 3.31. The van der Waals surface area contributed by atoms with Crippen LogP contribution in [0.3, 0.4) is 0 Å². The molecule has 0 amide bonds. The van der Waals surface area contributed by atoms with Crippen molar-refractivity contribution in [1.82, 2.24) is 5.32 Å². The lowest BCUT2D eigenvalue weighted by molar-refractivity contribution is -0.190. The van der Waals surface area contributed by atoms with Gasteiger partial charge in [-0.1, -0.05) is 6.92 Å². The lowest BCUT2D eigenvalue weighted by Crippen LogP contribution is -2.48. The van der Waals surface area contributed by atoms with Gasteiger partial charge in [-0.15, -0.1) is 0 Å². The van der Waals surface area contributed by atoms with E-state index in [1.54, 1.807) is 0 Å². The van der Waals surface area contributed by atoms with Gasteiger partial charge in [-0.25, -0.2) is 0 Å². The first kappa shape index (κ1) is 17.7. The zero-order chi connectivity index (χ0) is 16.1. The standard InChI is InChI=1S/C16H29NO5/c1-4-20-11-13(14(18)19-3)17-12-15(2)5-7-16(8-6-15)21-9-10-22-16/h13,17H,4-12H2,1-3H3/t13-/m0/s1. The summed E-state index contributed by atoms with van der Waals surface area (Å²) in [5.41, 5.74) is 0.138. The predicted molar refractivity (Wildman–Crippen MR) is 81.5 cm³/mol. The first-order valence-corrected chi connectivity index (χ1v) is 8.19. The molecule has 1 aliphatic heterocycles. The summed E-state index contributed by atoms with van der Waals surface area (Å²) < 4.78 is 21.7. The quantitative estimate of drug-likeness (QED) is 0.718. The molecule has 0 aromatic rings. The van der Waals surface area contributed by atoms with Crippen molar-refractivity contribution in [2.75, 3.05) is 40.1 Å². The summed E-state index contributed by atoms with van der Waals surface area (Å²) >= 11 is 0. The van der Waals surface area contributed by atoms with E-state index >= 15 is 0 Å². The summed E-state index contributed by atoms with van der Waals surface area (Å²) in [6, 6.07) is -0.406. The third-order valence-corrected chi connectivity index (χ3v) is 4.78. The summed E-state index contributed by atoms with van der Waals surface area (Å²) in [4.78, 5) is 11.8. The zero-order valence-corrected chi connectivity index (χ0v) is 14.0. The Morgan fingerprint density at radius 2 is 1.86 bits per heavy atom. The highest BCUT2D eigenvalue weighted by Gasteiger charge is 2.44. The molecule has 1 atom stereocenters. The van der Waals surface area contributed by atoms with Crippen molar-refractivity contribution in [1.29, 1.82) is 0 Å². The van der Waals surface area contributed by atoms with E-state index < -0.39 is 6.04 Å². The van der Waals surface area contributed by atoms with Crippen LogP contribution in [0.2, 0.25) is 0 Å². The molecule has 22 heavy (non-hydrogen) atoms. The van der Waals surface area contributed by atoms with E-state index in [4.69, 9.17) is 18.9 Å². The molecule has 6 nitrogen and oxygen atoms in total. The first-order chi connectivity index (χ1) is 10.5. The molecule has 0 aromatic heterocycles. The number of hydrogen-bond acceptors (Lipinski definition) is 6. The fourth-order valence-corrected chi connectivity index (χ4v) is 3.15. The maximum Gasteiger partial charge on any atom is 0.325 e. The topological polar surface area (TPSA) is 66.0 Å². The van der Waals surface area contributed by atoms with Crippen LogP contribution in [0.4, 0.5) is 0 Å². The monoisotopic (exact) mass is 315 g/mol. The maximum absolute atomic E-state index is 11.8. The van der Waals surface area contributed by atoms with Crippen molar-refractivity contribution in [2.45, 2.75) is 51.4 Å². The largest absolute Gasteiger partial charge is 0.468 e. The van der Waals surface area contributed by atoms with Gasteiger partial charge in [0.05, 0.1) is 26.9 Å². The Balaban J connectivity index is 1.82. The molecule has 2 fully saturated rings. The molecule has 2 aliphatic rings. The molecule has 1 N–H and O–H groups in total. The lowest BCUT2D eigenvalue weighted by atomic mass is 9.73. The molecule has 0 bridgehead atoms. The highest BCUT2D eigenvalue weighted by atomic mass is 16.7. The van der Waals surface area contributed by atoms with Crippen LogP contribution >= 0.6 is 0 Å². The lowest BCUT2D eigenvalue weighted by Gasteiger charge is -2.42. The molecular weight excluding hydrogens is 286 g/mol. The Bertz CT molecular complexity index is 358. The second-order valence-corrected chi connectivity index (χ2v) is 6.53. The van der Waals surface area contributed by atoms with Crippen molar-refractivity contribution in [2.24, 2.45) is 5.41 Å². The number of nitrogens with one attached hydrogen (secondary N) is 1. The highest BCUT2D eigenvalue weighted by Crippen LogP contribution is 2.44. The fraction of sp³-hybridized carbons (Fsp3) is 0.938. The van der Waals surface area contributed by atoms with Crippen molar-refractivity contribution < 1.29 is 23.7 Å². The number of hydrogen-bond donors (Lipinski definition) is 1. The van der Waals surface area contributed by atoms with Crippen molar-refractivity contribution in [3.05, 3.63) is 0 Å². The third-order valence-electron chi connectivity index (χ3n) is 4.78. The molecular formula is C16H29NO5. The maximum atomic E-state index is 11.8. The predicted octanol–water partition coefficient (Wildman–Crippen LogP) is 1.48. The number of carbonyl (C=O) groups is 1. The smallest absolute Gasteiger partial charge is 0.325 e. The van der Waals surface area contributed by atoms with Crippen molar-refractivity contribution in [3.63, 3.8) is 0 Å². The van der Waals surface area contributed by atoms with Crippen LogP contribution in [0.25, 0.3) is 0 Å². The number of ether oxygens (including phenoxy) is 4. The summed E-state index contributed by atoms with van der Waals surface area (Å²) in [7, 11) is 1.41. The molecule has 128 valence electrons. The zero-order valence-electron chi connectivity index (χ0n) is 14.0. The van der Waals surface area contributed by atoms with Gasteiger partial charge in [-0.3, -0.25) is 4.79 Å². The Labute approximate surface area is 132 Å². The molecule has 1 spiro atoms. The van der Waals surface area contributed by atoms with E-state index in [9.17, 15) is 4.79 Å². The van der Waals surface area contributed by atoms with E-state index in [-0.39, 0.29) is 17.2 Å². The fourth-order valence-electron chi connectivity index (χ4n) is 3.15. The van der Waals surface area contributed by atoms with E-state index in [1.165, 1.54) is 7.11 Å². The molecule has 0 radical (unpaired) electrons.